The Balaban J connectivity index is 2.20. The molecule has 1 unspecified atom stereocenters. The van der Waals surface area contributed by atoms with Crippen LogP contribution in [0.3, 0.4) is 0 Å². The van der Waals surface area contributed by atoms with Crippen molar-refractivity contribution in [2.75, 3.05) is 31.7 Å². The molecule has 0 bridgehead atoms. The lowest BCUT2D eigenvalue weighted by molar-refractivity contribution is 0.0854. The number of hydrogen-bond donors (Lipinski definition) is 1. The van der Waals surface area contributed by atoms with Crippen LogP contribution in [0, 0.1) is 5.82 Å². The maximum absolute atomic E-state index is 13.7. The second kappa shape index (κ2) is 7.76. The predicted octanol–water partition coefficient (Wildman–Crippen LogP) is 3.50. The molecule has 0 radical (unpaired) electrons. The van der Waals surface area contributed by atoms with Gasteiger partial charge in [0.1, 0.15) is 5.82 Å². The van der Waals surface area contributed by atoms with Crippen LogP contribution in [0.15, 0.2) is 18.2 Å². The van der Waals surface area contributed by atoms with Crippen LogP contribution < -0.4 is 10.2 Å². The second-order valence-electron chi connectivity index (χ2n) is 5.83. The summed E-state index contributed by atoms with van der Waals surface area (Å²) in [4.78, 5) is 2.29. The molecular weight excluding hydrogens is 267 g/mol. The quantitative estimate of drug-likeness (QED) is 0.869. The first-order chi connectivity index (χ1) is 10.1. The highest BCUT2D eigenvalue weighted by Gasteiger charge is 2.22. The van der Waals surface area contributed by atoms with E-state index in [-0.39, 0.29) is 11.9 Å². The smallest absolute Gasteiger partial charge is 0.123 e. The normalized spacial score (nSPS) is 17.7. The van der Waals surface area contributed by atoms with Gasteiger partial charge in [0.15, 0.2) is 0 Å². The van der Waals surface area contributed by atoms with Crippen molar-refractivity contribution in [3.05, 3.63) is 29.6 Å². The lowest BCUT2D eigenvalue weighted by Crippen LogP contribution is -2.37. The summed E-state index contributed by atoms with van der Waals surface area (Å²) < 4.78 is 19.1. The van der Waals surface area contributed by atoms with E-state index in [0.29, 0.717) is 6.04 Å². The number of anilines is 1. The van der Waals surface area contributed by atoms with Crippen LogP contribution in [0.1, 0.15) is 44.7 Å². The van der Waals surface area contributed by atoms with Gasteiger partial charge in [0, 0.05) is 38.0 Å². The summed E-state index contributed by atoms with van der Waals surface area (Å²) in [5.74, 6) is -0.167. The van der Waals surface area contributed by atoms with Gasteiger partial charge in [0.2, 0.25) is 0 Å². The zero-order valence-corrected chi connectivity index (χ0v) is 13.4. The first-order valence-electron chi connectivity index (χ1n) is 7.97. The molecular formula is C17H27FN2O. The molecule has 0 aromatic heterocycles. The van der Waals surface area contributed by atoms with E-state index in [1.807, 2.05) is 6.07 Å². The molecule has 1 aromatic rings. The van der Waals surface area contributed by atoms with Crippen molar-refractivity contribution in [2.24, 2.45) is 0 Å². The topological polar surface area (TPSA) is 24.5 Å². The molecule has 0 saturated carbocycles. The van der Waals surface area contributed by atoms with Crippen LogP contribution in [0.2, 0.25) is 0 Å². The Morgan fingerprint density at radius 2 is 2.10 bits per heavy atom. The molecule has 3 nitrogen and oxygen atoms in total. The third kappa shape index (κ3) is 4.17. The molecule has 1 aliphatic rings. The van der Waals surface area contributed by atoms with Gasteiger partial charge in [0.05, 0.1) is 0 Å². The van der Waals surface area contributed by atoms with E-state index in [1.165, 1.54) is 0 Å². The first-order valence-corrected chi connectivity index (χ1v) is 7.97. The highest BCUT2D eigenvalue weighted by atomic mass is 19.1. The Bertz CT molecular complexity index is 446. The Kier molecular flexibility index (Phi) is 6.00. The minimum Gasteiger partial charge on any atom is -0.381 e. The standard InChI is InChI=1S/C17H27FN2O/c1-4-9-19-13(2)16-12-14(18)5-6-17(16)20(3)15-7-10-21-11-8-15/h5-6,12-13,15,19H,4,7-11H2,1-3H3. The van der Waals surface area contributed by atoms with Crippen LogP contribution >= 0.6 is 0 Å². The fourth-order valence-corrected chi connectivity index (χ4v) is 2.93. The van der Waals surface area contributed by atoms with Crippen LogP contribution in [0.25, 0.3) is 0 Å². The summed E-state index contributed by atoms with van der Waals surface area (Å²) in [5.41, 5.74) is 2.16. The molecule has 0 spiro atoms. The molecule has 1 heterocycles. The van der Waals surface area contributed by atoms with Gasteiger partial charge in [0.25, 0.3) is 0 Å². The average Bonchev–Trinajstić information content (AvgIpc) is 2.52. The van der Waals surface area contributed by atoms with Gasteiger partial charge in [-0.15, -0.1) is 0 Å². The number of benzene rings is 1. The number of hydrogen-bond acceptors (Lipinski definition) is 3. The van der Waals surface area contributed by atoms with Gasteiger partial charge in [-0.1, -0.05) is 6.92 Å². The molecule has 1 N–H and O–H groups in total. The van der Waals surface area contributed by atoms with Crippen molar-refractivity contribution in [1.82, 2.24) is 5.32 Å². The summed E-state index contributed by atoms with van der Waals surface area (Å²) in [5, 5.41) is 3.46. The van der Waals surface area contributed by atoms with E-state index in [1.54, 1.807) is 12.1 Å². The van der Waals surface area contributed by atoms with Gasteiger partial charge < -0.3 is 15.0 Å². The third-order valence-electron chi connectivity index (χ3n) is 4.28. The van der Waals surface area contributed by atoms with E-state index in [4.69, 9.17) is 4.74 Å². The molecule has 2 rings (SSSR count). The molecule has 21 heavy (non-hydrogen) atoms. The van der Waals surface area contributed by atoms with Crippen molar-refractivity contribution < 1.29 is 9.13 Å². The van der Waals surface area contributed by atoms with Crippen LogP contribution in [0.4, 0.5) is 10.1 Å². The largest absolute Gasteiger partial charge is 0.381 e. The summed E-state index contributed by atoms with van der Waals surface area (Å²) in [6.45, 7) is 6.81. The molecule has 1 atom stereocenters. The van der Waals surface area contributed by atoms with Gasteiger partial charge in [-0.3, -0.25) is 0 Å². The second-order valence-corrected chi connectivity index (χ2v) is 5.83. The van der Waals surface area contributed by atoms with E-state index in [2.05, 4.69) is 31.1 Å². The van der Waals surface area contributed by atoms with E-state index in [0.717, 1.165) is 50.3 Å². The molecule has 1 saturated heterocycles. The summed E-state index contributed by atoms with van der Waals surface area (Å²) >= 11 is 0. The summed E-state index contributed by atoms with van der Waals surface area (Å²) in [6.07, 6.45) is 3.14. The molecule has 118 valence electrons. The predicted molar refractivity (Wildman–Crippen MR) is 85.4 cm³/mol. The SMILES string of the molecule is CCCNC(C)c1cc(F)ccc1N(C)C1CCOCC1. The van der Waals surface area contributed by atoms with Crippen LogP contribution in [0.5, 0.6) is 0 Å². The molecule has 4 heteroatoms. The molecule has 1 fully saturated rings. The fraction of sp³-hybridized carbons (Fsp3) is 0.647. The summed E-state index contributed by atoms with van der Waals surface area (Å²) in [7, 11) is 2.11. The maximum Gasteiger partial charge on any atom is 0.123 e. The number of nitrogens with zero attached hydrogens (tertiary/aromatic N) is 1. The lowest BCUT2D eigenvalue weighted by Gasteiger charge is -2.35. The summed E-state index contributed by atoms with van der Waals surface area (Å²) in [6, 6.07) is 5.75. The van der Waals surface area contributed by atoms with Gasteiger partial charge in [-0.05, 0) is 56.5 Å². The van der Waals surface area contributed by atoms with Gasteiger partial charge >= 0.3 is 0 Å². The zero-order valence-electron chi connectivity index (χ0n) is 13.4. The fourth-order valence-electron chi connectivity index (χ4n) is 2.93. The molecule has 1 aliphatic heterocycles. The zero-order chi connectivity index (χ0) is 15.2. The first kappa shape index (κ1) is 16.2. The van der Waals surface area contributed by atoms with Crippen molar-refractivity contribution >= 4 is 5.69 Å². The molecule has 0 amide bonds. The Labute approximate surface area is 127 Å². The van der Waals surface area contributed by atoms with E-state index in [9.17, 15) is 4.39 Å². The molecule has 1 aromatic carbocycles. The molecule has 0 aliphatic carbocycles. The van der Waals surface area contributed by atoms with E-state index >= 15 is 0 Å². The minimum absolute atomic E-state index is 0.151. The Morgan fingerprint density at radius 3 is 2.76 bits per heavy atom. The van der Waals surface area contributed by atoms with Gasteiger partial charge in [-0.2, -0.15) is 0 Å². The third-order valence-corrected chi connectivity index (χ3v) is 4.28. The Morgan fingerprint density at radius 1 is 1.38 bits per heavy atom. The highest BCUT2D eigenvalue weighted by molar-refractivity contribution is 5.55. The van der Waals surface area contributed by atoms with Crippen molar-refractivity contribution in [3.8, 4) is 0 Å². The van der Waals surface area contributed by atoms with Gasteiger partial charge in [-0.25, -0.2) is 4.39 Å². The lowest BCUT2D eigenvalue weighted by atomic mass is 10.0. The number of halogens is 1. The number of rotatable bonds is 6. The maximum atomic E-state index is 13.7. The average molecular weight is 294 g/mol. The Hall–Kier alpha value is -1.13. The monoisotopic (exact) mass is 294 g/mol. The van der Waals surface area contributed by atoms with E-state index < -0.39 is 0 Å². The minimum atomic E-state index is -0.167. The highest BCUT2D eigenvalue weighted by Crippen LogP contribution is 2.30. The van der Waals surface area contributed by atoms with Crippen molar-refractivity contribution in [2.45, 2.75) is 45.2 Å². The van der Waals surface area contributed by atoms with Crippen molar-refractivity contribution in [1.29, 1.82) is 0 Å². The van der Waals surface area contributed by atoms with Crippen LogP contribution in [-0.4, -0.2) is 32.8 Å². The van der Waals surface area contributed by atoms with Crippen molar-refractivity contribution in [3.63, 3.8) is 0 Å². The number of ether oxygens (including phenoxy) is 1. The number of nitrogens with one attached hydrogen (secondary N) is 1. The van der Waals surface area contributed by atoms with Crippen LogP contribution in [-0.2, 0) is 4.74 Å².